The van der Waals surface area contributed by atoms with Gasteiger partial charge in [0.25, 0.3) is 5.91 Å². The van der Waals surface area contributed by atoms with Crippen molar-refractivity contribution in [2.75, 3.05) is 26.0 Å². The van der Waals surface area contributed by atoms with E-state index in [1.165, 1.54) is 30.4 Å². The third kappa shape index (κ3) is 4.14. The third-order valence-corrected chi connectivity index (χ3v) is 5.40. The van der Waals surface area contributed by atoms with Gasteiger partial charge in [0.1, 0.15) is 6.04 Å². The maximum Gasteiger partial charge on any atom is 0.311 e. The van der Waals surface area contributed by atoms with Gasteiger partial charge in [-0.05, 0) is 30.9 Å². The number of methoxy groups -OCH3 is 1. The Morgan fingerprint density at radius 1 is 1.36 bits per heavy atom. The third-order valence-electron chi connectivity index (χ3n) is 5.40. The number of nitro groups is 1. The van der Waals surface area contributed by atoms with Crippen molar-refractivity contribution in [1.29, 1.82) is 0 Å². The van der Waals surface area contributed by atoms with Gasteiger partial charge in [0.15, 0.2) is 12.3 Å². The van der Waals surface area contributed by atoms with E-state index in [-0.39, 0.29) is 17.3 Å². The Kier molecular flexibility index (Phi) is 5.94. The largest absolute Gasteiger partial charge is 0.490 e. The van der Waals surface area contributed by atoms with Crippen LogP contribution in [0.3, 0.4) is 0 Å². The van der Waals surface area contributed by atoms with Crippen LogP contribution in [0, 0.1) is 17.0 Å². The number of carbonyl (C=O) groups excluding carboxylic acids is 1. The number of quaternary nitrogens is 1. The minimum Gasteiger partial charge on any atom is -0.490 e. The van der Waals surface area contributed by atoms with Gasteiger partial charge in [-0.3, -0.25) is 14.9 Å². The van der Waals surface area contributed by atoms with E-state index in [0.717, 1.165) is 24.2 Å². The summed E-state index contributed by atoms with van der Waals surface area (Å²) in [5, 5.41) is 14.0. The molecule has 0 spiro atoms. The quantitative estimate of drug-likeness (QED) is 0.592. The number of nitrogens with zero attached hydrogens (tertiary/aromatic N) is 1. The number of benzene rings is 2. The van der Waals surface area contributed by atoms with Crippen LogP contribution >= 0.6 is 0 Å². The van der Waals surface area contributed by atoms with Crippen molar-refractivity contribution in [3.63, 3.8) is 0 Å². The molecule has 0 fully saturated rings. The molecular formula is C21H26N3O4+. The number of nitro benzene ring substituents is 1. The van der Waals surface area contributed by atoms with Gasteiger partial charge in [-0.25, -0.2) is 0 Å². The molecule has 0 bridgehead atoms. The molecule has 148 valence electrons. The standard InChI is InChI=1S/C21H25N3O4/c1-14-11-19(24(26)27)20(28-3)12-17(14)22-21(25)13-23(2)18-10-6-8-15-7-4-5-9-16(15)18/h4-5,7,9,11-12,18H,6,8,10,13H2,1-3H3,(H,22,25)/p+1/t18-/m1/s1. The van der Waals surface area contributed by atoms with Gasteiger partial charge in [0.05, 0.1) is 19.1 Å². The average Bonchev–Trinajstić information content (AvgIpc) is 2.68. The van der Waals surface area contributed by atoms with Gasteiger partial charge >= 0.3 is 5.69 Å². The summed E-state index contributed by atoms with van der Waals surface area (Å²) in [5.41, 5.74) is 3.74. The SMILES string of the molecule is COc1cc(NC(=O)C[NH+](C)[C@@H]2CCCc3ccccc32)c(C)cc1[N+](=O)[O-]. The van der Waals surface area contributed by atoms with Crippen LogP contribution in [-0.2, 0) is 11.2 Å². The number of ether oxygens (including phenoxy) is 1. The highest BCUT2D eigenvalue weighted by atomic mass is 16.6. The van der Waals surface area contributed by atoms with Crippen molar-refractivity contribution in [2.24, 2.45) is 0 Å². The smallest absolute Gasteiger partial charge is 0.311 e. The molecule has 0 saturated heterocycles. The van der Waals surface area contributed by atoms with Crippen molar-refractivity contribution in [3.8, 4) is 5.75 Å². The Hall–Kier alpha value is -2.93. The number of nitrogens with one attached hydrogen (secondary N) is 2. The van der Waals surface area contributed by atoms with Gasteiger partial charge in [-0.15, -0.1) is 0 Å². The highest BCUT2D eigenvalue weighted by Crippen LogP contribution is 2.32. The summed E-state index contributed by atoms with van der Waals surface area (Å²) in [6, 6.07) is 11.7. The molecule has 2 aromatic carbocycles. The number of amides is 1. The number of aryl methyl sites for hydroxylation is 2. The first-order valence-corrected chi connectivity index (χ1v) is 9.43. The molecule has 2 aromatic rings. The van der Waals surface area contributed by atoms with E-state index in [1.807, 2.05) is 7.05 Å². The fraction of sp³-hybridized carbons (Fsp3) is 0.381. The lowest BCUT2D eigenvalue weighted by Crippen LogP contribution is -3.10. The summed E-state index contributed by atoms with van der Waals surface area (Å²) in [4.78, 5) is 24.4. The molecule has 3 rings (SSSR count). The molecule has 0 aromatic heterocycles. The Morgan fingerprint density at radius 3 is 2.82 bits per heavy atom. The Balaban J connectivity index is 1.72. The van der Waals surface area contributed by atoms with Crippen LogP contribution in [-0.4, -0.2) is 31.5 Å². The van der Waals surface area contributed by atoms with Crippen LogP contribution in [0.15, 0.2) is 36.4 Å². The lowest BCUT2D eigenvalue weighted by molar-refractivity contribution is -0.905. The molecule has 7 nitrogen and oxygen atoms in total. The topological polar surface area (TPSA) is 85.9 Å². The predicted molar refractivity (Wildman–Crippen MR) is 107 cm³/mol. The highest BCUT2D eigenvalue weighted by molar-refractivity contribution is 5.92. The van der Waals surface area contributed by atoms with Crippen molar-refractivity contribution in [2.45, 2.75) is 32.2 Å². The molecule has 0 saturated carbocycles. The molecule has 1 unspecified atom stereocenters. The average molecular weight is 384 g/mol. The fourth-order valence-corrected chi connectivity index (χ4v) is 3.95. The summed E-state index contributed by atoms with van der Waals surface area (Å²) in [5.74, 6) is 0.00682. The van der Waals surface area contributed by atoms with Crippen molar-refractivity contribution >= 4 is 17.3 Å². The number of hydrogen-bond acceptors (Lipinski definition) is 4. The molecule has 7 heteroatoms. The maximum atomic E-state index is 12.6. The van der Waals surface area contributed by atoms with Crippen LogP contribution in [0.2, 0.25) is 0 Å². The molecule has 1 aliphatic rings. The van der Waals surface area contributed by atoms with Crippen LogP contribution in [0.5, 0.6) is 5.75 Å². The van der Waals surface area contributed by atoms with E-state index in [1.54, 1.807) is 6.92 Å². The van der Waals surface area contributed by atoms with E-state index in [9.17, 15) is 14.9 Å². The molecule has 2 N–H and O–H groups in total. The van der Waals surface area contributed by atoms with E-state index in [4.69, 9.17) is 4.74 Å². The summed E-state index contributed by atoms with van der Waals surface area (Å²) < 4.78 is 5.10. The van der Waals surface area contributed by atoms with Gasteiger partial charge in [-0.1, -0.05) is 24.3 Å². The molecule has 0 heterocycles. The molecule has 1 amide bonds. The van der Waals surface area contributed by atoms with Crippen LogP contribution in [0.25, 0.3) is 0 Å². The molecule has 2 atom stereocenters. The summed E-state index contributed by atoms with van der Waals surface area (Å²) in [7, 11) is 3.41. The van der Waals surface area contributed by atoms with Gasteiger partial charge in [-0.2, -0.15) is 0 Å². The van der Waals surface area contributed by atoms with Gasteiger partial charge < -0.3 is 15.0 Å². The van der Waals surface area contributed by atoms with Crippen LogP contribution in [0.4, 0.5) is 11.4 Å². The normalized spacial score (nSPS) is 16.8. The van der Waals surface area contributed by atoms with E-state index >= 15 is 0 Å². The Morgan fingerprint density at radius 2 is 2.11 bits per heavy atom. The molecule has 1 aliphatic carbocycles. The second kappa shape index (κ2) is 8.39. The first kappa shape index (κ1) is 19.8. The van der Waals surface area contributed by atoms with Crippen molar-refractivity contribution in [3.05, 3.63) is 63.2 Å². The number of rotatable bonds is 6. The minimum atomic E-state index is -0.490. The second-order valence-electron chi connectivity index (χ2n) is 7.31. The first-order valence-electron chi connectivity index (χ1n) is 9.43. The first-order chi connectivity index (χ1) is 13.4. The number of anilines is 1. The van der Waals surface area contributed by atoms with Crippen molar-refractivity contribution < 1.29 is 19.4 Å². The number of hydrogen-bond donors (Lipinski definition) is 2. The monoisotopic (exact) mass is 384 g/mol. The van der Waals surface area contributed by atoms with Gasteiger partial charge in [0.2, 0.25) is 0 Å². The highest BCUT2D eigenvalue weighted by Gasteiger charge is 2.28. The molecule has 0 aliphatic heterocycles. The molecule has 28 heavy (non-hydrogen) atoms. The zero-order chi connectivity index (χ0) is 20.3. The van der Waals surface area contributed by atoms with E-state index < -0.39 is 4.92 Å². The second-order valence-corrected chi connectivity index (χ2v) is 7.31. The van der Waals surface area contributed by atoms with Crippen LogP contribution < -0.4 is 15.0 Å². The Bertz CT molecular complexity index is 897. The molecular weight excluding hydrogens is 358 g/mol. The summed E-state index contributed by atoms with van der Waals surface area (Å²) in [6.07, 6.45) is 3.27. The van der Waals surface area contributed by atoms with Crippen molar-refractivity contribution in [1.82, 2.24) is 0 Å². The maximum absolute atomic E-state index is 12.6. The number of carbonyl (C=O) groups is 1. The summed E-state index contributed by atoms with van der Waals surface area (Å²) in [6.45, 7) is 2.05. The van der Waals surface area contributed by atoms with Gasteiger partial charge in [0, 0.05) is 29.8 Å². The van der Waals surface area contributed by atoms with Crippen LogP contribution in [0.1, 0.15) is 35.6 Å². The van der Waals surface area contributed by atoms with E-state index in [2.05, 4.69) is 29.6 Å². The zero-order valence-corrected chi connectivity index (χ0v) is 16.5. The van der Waals surface area contributed by atoms with E-state index in [0.29, 0.717) is 23.8 Å². The molecule has 0 radical (unpaired) electrons. The summed E-state index contributed by atoms with van der Waals surface area (Å²) >= 11 is 0. The lowest BCUT2D eigenvalue weighted by atomic mass is 9.87. The number of fused-ring (bicyclic) bond motifs is 1. The number of likely N-dealkylation sites (N-methyl/N-ethyl adjacent to an activating group) is 1. The minimum absolute atomic E-state index is 0.112. The Labute approximate surface area is 164 Å². The lowest BCUT2D eigenvalue weighted by Gasteiger charge is -2.30. The zero-order valence-electron chi connectivity index (χ0n) is 16.5. The fourth-order valence-electron chi connectivity index (χ4n) is 3.95. The predicted octanol–water partition coefficient (Wildman–Crippen LogP) is 2.44.